The lowest BCUT2D eigenvalue weighted by molar-refractivity contribution is 0.399. The molecule has 0 aliphatic heterocycles. The van der Waals surface area contributed by atoms with E-state index in [4.69, 9.17) is 14.0 Å². The van der Waals surface area contributed by atoms with Crippen LogP contribution in [0.2, 0.25) is 0 Å². The van der Waals surface area contributed by atoms with Gasteiger partial charge in [0, 0.05) is 24.0 Å². The number of aromatic nitrogens is 2. The Labute approximate surface area is 134 Å². The van der Waals surface area contributed by atoms with Crippen LogP contribution in [0.5, 0.6) is 17.4 Å². The molecule has 2 heterocycles. The van der Waals surface area contributed by atoms with E-state index in [9.17, 15) is 4.21 Å². The van der Waals surface area contributed by atoms with Crippen molar-refractivity contribution < 1.29 is 18.2 Å². The fourth-order valence-corrected chi connectivity index (χ4v) is 2.34. The van der Waals surface area contributed by atoms with Gasteiger partial charge in [-0.3, -0.25) is 14.3 Å². The summed E-state index contributed by atoms with van der Waals surface area (Å²) in [4.78, 5) is 8.59. The zero-order valence-corrected chi connectivity index (χ0v) is 12.9. The number of pyridine rings is 2. The summed E-state index contributed by atoms with van der Waals surface area (Å²) in [5.74, 6) is 1.58. The molecule has 0 aliphatic rings. The molecule has 1 aromatic carbocycles. The number of ether oxygens (including phenoxy) is 2. The maximum atomic E-state index is 10.7. The van der Waals surface area contributed by atoms with Crippen LogP contribution in [-0.2, 0) is 11.3 Å². The molecule has 0 saturated heterocycles. The Hall–Kier alpha value is -2.71. The van der Waals surface area contributed by atoms with Crippen LogP contribution >= 0.6 is 0 Å². The first-order chi connectivity index (χ1) is 11.2. The minimum absolute atomic E-state index is 0.473. The van der Waals surface area contributed by atoms with Gasteiger partial charge in [-0.05, 0) is 30.3 Å². The SMILES string of the molecule is COc1ccc2nccc(Oc3ccc(NS(=O)O)cc3)c2n1. The number of methoxy groups -OCH3 is 1. The summed E-state index contributed by atoms with van der Waals surface area (Å²) in [6.07, 6.45) is 1.64. The standard InChI is InChI=1S/C15H13N3O4S/c1-21-14-7-6-12-15(17-14)13(8-9-16-12)22-11-4-2-10(3-5-11)18-23(19)20/h2-9,18H,1H3,(H,19,20). The third kappa shape index (κ3) is 3.55. The number of rotatable bonds is 5. The Morgan fingerprint density at radius 1 is 1.13 bits per heavy atom. The van der Waals surface area contributed by atoms with Gasteiger partial charge < -0.3 is 9.47 Å². The first-order valence-corrected chi connectivity index (χ1v) is 7.71. The highest BCUT2D eigenvalue weighted by atomic mass is 32.2. The number of hydrogen-bond donors (Lipinski definition) is 2. The zero-order chi connectivity index (χ0) is 16.2. The molecule has 1 unspecified atom stereocenters. The van der Waals surface area contributed by atoms with Crippen LogP contribution in [0.4, 0.5) is 5.69 Å². The Kier molecular flexibility index (Phi) is 4.35. The molecule has 1 atom stereocenters. The van der Waals surface area contributed by atoms with E-state index in [1.54, 1.807) is 55.8 Å². The molecule has 7 nitrogen and oxygen atoms in total. The van der Waals surface area contributed by atoms with Gasteiger partial charge in [0.2, 0.25) is 5.88 Å². The second kappa shape index (κ2) is 6.59. The number of anilines is 1. The van der Waals surface area contributed by atoms with Crippen LogP contribution in [0.15, 0.2) is 48.7 Å². The van der Waals surface area contributed by atoms with E-state index in [0.29, 0.717) is 34.1 Å². The molecule has 23 heavy (non-hydrogen) atoms. The van der Waals surface area contributed by atoms with Crippen LogP contribution in [0.25, 0.3) is 11.0 Å². The van der Waals surface area contributed by atoms with E-state index in [2.05, 4.69) is 14.7 Å². The fraction of sp³-hybridized carbons (Fsp3) is 0.0667. The molecule has 0 aliphatic carbocycles. The van der Waals surface area contributed by atoms with E-state index in [0.717, 1.165) is 0 Å². The third-order valence-electron chi connectivity index (χ3n) is 3.02. The number of nitrogens with one attached hydrogen (secondary N) is 1. The van der Waals surface area contributed by atoms with Crippen molar-refractivity contribution in [2.45, 2.75) is 0 Å². The molecule has 3 aromatic rings. The Bertz CT molecular complexity index is 855. The van der Waals surface area contributed by atoms with Crippen molar-refractivity contribution in [2.24, 2.45) is 0 Å². The van der Waals surface area contributed by atoms with Crippen LogP contribution in [-0.4, -0.2) is 25.8 Å². The minimum Gasteiger partial charge on any atom is -0.481 e. The fourth-order valence-electron chi connectivity index (χ4n) is 2.00. The van der Waals surface area contributed by atoms with Crippen molar-refractivity contribution in [3.63, 3.8) is 0 Å². The zero-order valence-electron chi connectivity index (χ0n) is 12.1. The van der Waals surface area contributed by atoms with Gasteiger partial charge >= 0.3 is 0 Å². The molecule has 0 saturated carbocycles. The Morgan fingerprint density at radius 3 is 2.61 bits per heavy atom. The topological polar surface area (TPSA) is 93.6 Å². The summed E-state index contributed by atoms with van der Waals surface area (Å²) in [5.41, 5.74) is 1.79. The van der Waals surface area contributed by atoms with E-state index < -0.39 is 11.3 Å². The predicted octanol–water partition coefficient (Wildman–Crippen LogP) is 2.98. The lowest BCUT2D eigenvalue weighted by atomic mass is 10.3. The van der Waals surface area contributed by atoms with E-state index in [-0.39, 0.29) is 0 Å². The minimum atomic E-state index is -2.11. The van der Waals surface area contributed by atoms with Gasteiger partial charge in [-0.2, -0.15) is 0 Å². The highest BCUT2D eigenvalue weighted by Gasteiger charge is 2.08. The van der Waals surface area contributed by atoms with Crippen molar-refractivity contribution in [1.82, 2.24) is 9.97 Å². The van der Waals surface area contributed by atoms with Gasteiger partial charge in [0.15, 0.2) is 5.75 Å². The van der Waals surface area contributed by atoms with Crippen LogP contribution < -0.4 is 14.2 Å². The lowest BCUT2D eigenvalue weighted by Crippen LogP contribution is -2.01. The summed E-state index contributed by atoms with van der Waals surface area (Å²) < 4.78 is 32.8. The maximum Gasteiger partial charge on any atom is 0.259 e. The molecule has 2 aromatic heterocycles. The molecule has 0 bridgehead atoms. The van der Waals surface area contributed by atoms with E-state index in [1.165, 1.54) is 0 Å². The average molecular weight is 331 g/mol. The smallest absolute Gasteiger partial charge is 0.259 e. The molecule has 2 N–H and O–H groups in total. The predicted molar refractivity (Wildman–Crippen MR) is 87.0 cm³/mol. The largest absolute Gasteiger partial charge is 0.481 e. The molecular weight excluding hydrogens is 318 g/mol. The normalized spacial score (nSPS) is 11.9. The first-order valence-electron chi connectivity index (χ1n) is 6.61. The van der Waals surface area contributed by atoms with Crippen molar-refractivity contribution in [3.05, 3.63) is 48.7 Å². The summed E-state index contributed by atoms with van der Waals surface area (Å²) in [5, 5.41) is 0. The summed E-state index contributed by atoms with van der Waals surface area (Å²) >= 11 is -2.11. The summed E-state index contributed by atoms with van der Waals surface area (Å²) in [6, 6.07) is 11.9. The van der Waals surface area contributed by atoms with Crippen molar-refractivity contribution in [1.29, 1.82) is 0 Å². The molecule has 3 rings (SSSR count). The first kappa shape index (κ1) is 15.2. The maximum absolute atomic E-state index is 10.7. The molecule has 0 fully saturated rings. The number of hydrogen-bond acceptors (Lipinski definition) is 5. The van der Waals surface area contributed by atoms with E-state index in [1.807, 2.05) is 0 Å². The number of fused-ring (bicyclic) bond motifs is 1. The second-order valence-corrected chi connectivity index (χ2v) is 5.21. The average Bonchev–Trinajstić information content (AvgIpc) is 2.56. The molecule has 118 valence electrons. The van der Waals surface area contributed by atoms with Crippen LogP contribution in [0.1, 0.15) is 0 Å². The number of benzene rings is 1. The Morgan fingerprint density at radius 2 is 1.91 bits per heavy atom. The lowest BCUT2D eigenvalue weighted by Gasteiger charge is -2.09. The van der Waals surface area contributed by atoms with Gasteiger partial charge in [-0.1, -0.05) is 0 Å². The van der Waals surface area contributed by atoms with Gasteiger partial charge in [0.05, 0.1) is 12.6 Å². The number of nitrogens with zero attached hydrogens (tertiary/aromatic N) is 2. The monoisotopic (exact) mass is 331 g/mol. The van der Waals surface area contributed by atoms with Crippen molar-refractivity contribution in [3.8, 4) is 17.4 Å². The highest BCUT2D eigenvalue weighted by Crippen LogP contribution is 2.29. The van der Waals surface area contributed by atoms with Crippen molar-refractivity contribution in [2.75, 3.05) is 11.8 Å². The van der Waals surface area contributed by atoms with E-state index >= 15 is 0 Å². The Balaban J connectivity index is 1.90. The molecule has 0 spiro atoms. The molecule has 0 amide bonds. The summed E-state index contributed by atoms with van der Waals surface area (Å²) in [7, 11) is 1.54. The second-order valence-electron chi connectivity index (χ2n) is 4.51. The molecule has 0 radical (unpaired) electrons. The van der Waals surface area contributed by atoms with Gasteiger partial charge in [-0.15, -0.1) is 0 Å². The molecule has 8 heteroatoms. The highest BCUT2D eigenvalue weighted by molar-refractivity contribution is 7.80. The van der Waals surface area contributed by atoms with Gasteiger partial charge in [-0.25, -0.2) is 9.19 Å². The van der Waals surface area contributed by atoms with Gasteiger partial charge in [0.25, 0.3) is 11.3 Å². The van der Waals surface area contributed by atoms with Crippen molar-refractivity contribution >= 4 is 28.0 Å². The molecular formula is C15H13N3O4S. The quantitative estimate of drug-likeness (QED) is 0.698. The van der Waals surface area contributed by atoms with Gasteiger partial charge in [0.1, 0.15) is 11.3 Å². The summed E-state index contributed by atoms with van der Waals surface area (Å²) in [6.45, 7) is 0. The third-order valence-corrected chi connectivity index (χ3v) is 3.43. The van der Waals surface area contributed by atoms with Crippen LogP contribution in [0, 0.1) is 0 Å². The van der Waals surface area contributed by atoms with Crippen LogP contribution in [0.3, 0.4) is 0 Å².